The molecule has 0 saturated heterocycles. The van der Waals surface area contributed by atoms with Crippen LogP contribution in [0.3, 0.4) is 0 Å². The van der Waals surface area contributed by atoms with Crippen molar-refractivity contribution in [2.24, 2.45) is 0 Å². The highest BCUT2D eigenvalue weighted by Crippen LogP contribution is 2.30. The second-order valence-electron chi connectivity index (χ2n) is 8.69. The number of fused-ring (bicyclic) bond motifs is 2. The molecule has 35 heavy (non-hydrogen) atoms. The molecule has 0 saturated carbocycles. The molecule has 0 unspecified atom stereocenters. The Morgan fingerprint density at radius 2 is 1.94 bits per heavy atom. The number of hydrogen-bond acceptors (Lipinski definition) is 6. The number of hydrogen-bond donors (Lipinski definition) is 2. The Balaban J connectivity index is 1.14. The van der Waals surface area contributed by atoms with Crippen molar-refractivity contribution in [3.63, 3.8) is 0 Å². The molecular weight excluding hydrogens is 482 g/mol. The van der Waals surface area contributed by atoms with Gasteiger partial charge in [0.05, 0.1) is 28.8 Å². The minimum atomic E-state index is -0.0968. The molecule has 4 heterocycles. The standard InChI is InChI=1S/C26H22ClN5O2S/c1-15-2-8-21-22(12-15)30-26(29-21)35-23-9-7-18(34-23)13-32-11-10-20-19(14-32)25(33)31-24(28-20)16-3-5-17(27)6-4-16/h2-9,12H,10-11,13-14H2,1H3,(H,29,30)(H,28,31,33). The molecule has 0 radical (unpaired) electrons. The molecule has 5 aromatic rings. The van der Waals surface area contributed by atoms with E-state index in [1.54, 1.807) is 12.1 Å². The number of aryl methyl sites for hydroxylation is 1. The van der Waals surface area contributed by atoms with Crippen LogP contribution in [0.1, 0.15) is 22.6 Å². The smallest absolute Gasteiger partial charge is 0.255 e. The van der Waals surface area contributed by atoms with Gasteiger partial charge in [-0.2, -0.15) is 0 Å². The van der Waals surface area contributed by atoms with Crippen molar-refractivity contribution in [3.05, 3.63) is 92.6 Å². The first kappa shape index (κ1) is 22.2. The molecule has 0 aliphatic carbocycles. The molecule has 6 rings (SSSR count). The molecular formula is C26H22ClN5O2S. The lowest BCUT2D eigenvalue weighted by molar-refractivity contribution is 0.217. The molecule has 2 N–H and O–H groups in total. The Morgan fingerprint density at radius 3 is 2.80 bits per heavy atom. The third-order valence-electron chi connectivity index (χ3n) is 6.09. The highest BCUT2D eigenvalue weighted by atomic mass is 35.5. The first-order chi connectivity index (χ1) is 17.0. The number of benzene rings is 2. The first-order valence-corrected chi connectivity index (χ1v) is 12.5. The molecule has 0 atom stereocenters. The van der Waals surface area contributed by atoms with Crippen LogP contribution < -0.4 is 5.56 Å². The van der Waals surface area contributed by atoms with E-state index in [1.807, 2.05) is 30.3 Å². The quantitative estimate of drug-likeness (QED) is 0.325. The van der Waals surface area contributed by atoms with Crippen LogP contribution in [0, 0.1) is 6.92 Å². The Labute approximate surface area is 210 Å². The summed E-state index contributed by atoms with van der Waals surface area (Å²) < 4.78 is 6.06. The van der Waals surface area contributed by atoms with Crippen molar-refractivity contribution in [1.29, 1.82) is 0 Å². The summed E-state index contributed by atoms with van der Waals surface area (Å²) in [6.07, 6.45) is 0.709. The number of nitrogens with one attached hydrogen (secondary N) is 2. The highest BCUT2D eigenvalue weighted by molar-refractivity contribution is 7.99. The summed E-state index contributed by atoms with van der Waals surface area (Å²) in [6, 6.07) is 17.4. The summed E-state index contributed by atoms with van der Waals surface area (Å²) >= 11 is 7.45. The van der Waals surface area contributed by atoms with Gasteiger partial charge in [0.2, 0.25) is 0 Å². The normalized spacial score (nSPS) is 13.9. The molecule has 2 aromatic carbocycles. The molecule has 1 aliphatic heterocycles. The number of furan rings is 1. The van der Waals surface area contributed by atoms with Gasteiger partial charge in [-0.05, 0) is 72.8 Å². The van der Waals surface area contributed by atoms with Crippen molar-refractivity contribution >= 4 is 34.4 Å². The van der Waals surface area contributed by atoms with E-state index in [-0.39, 0.29) is 5.56 Å². The third-order valence-corrected chi connectivity index (χ3v) is 7.15. The monoisotopic (exact) mass is 503 g/mol. The Kier molecular flexibility index (Phi) is 5.72. The Morgan fingerprint density at radius 1 is 1.09 bits per heavy atom. The maximum Gasteiger partial charge on any atom is 0.255 e. The molecule has 3 aromatic heterocycles. The molecule has 0 bridgehead atoms. The molecule has 0 spiro atoms. The zero-order valence-corrected chi connectivity index (χ0v) is 20.5. The van der Waals surface area contributed by atoms with E-state index >= 15 is 0 Å². The zero-order valence-electron chi connectivity index (χ0n) is 19.0. The number of nitrogens with zero attached hydrogens (tertiary/aromatic N) is 3. The largest absolute Gasteiger partial charge is 0.453 e. The van der Waals surface area contributed by atoms with Crippen molar-refractivity contribution in [3.8, 4) is 11.4 Å². The van der Waals surface area contributed by atoms with Crippen LogP contribution in [0.25, 0.3) is 22.4 Å². The lowest BCUT2D eigenvalue weighted by atomic mass is 10.1. The van der Waals surface area contributed by atoms with Crippen LogP contribution >= 0.6 is 23.4 Å². The SMILES string of the molecule is Cc1ccc2nc(Sc3ccc(CN4CCc5nc(-c6ccc(Cl)cc6)[nH]c(=O)c5C4)o3)[nH]c2c1. The van der Waals surface area contributed by atoms with E-state index < -0.39 is 0 Å². The van der Waals surface area contributed by atoms with E-state index in [0.717, 1.165) is 44.8 Å². The van der Waals surface area contributed by atoms with Crippen LogP contribution in [0.4, 0.5) is 0 Å². The van der Waals surface area contributed by atoms with Crippen LogP contribution in [-0.2, 0) is 19.5 Å². The van der Waals surface area contributed by atoms with Gasteiger partial charge in [0.15, 0.2) is 10.2 Å². The number of imidazole rings is 1. The molecule has 0 amide bonds. The van der Waals surface area contributed by atoms with E-state index in [0.29, 0.717) is 35.9 Å². The summed E-state index contributed by atoms with van der Waals surface area (Å²) in [5.74, 6) is 1.43. The summed E-state index contributed by atoms with van der Waals surface area (Å²) in [4.78, 5) is 30.7. The van der Waals surface area contributed by atoms with Gasteiger partial charge in [0, 0.05) is 30.1 Å². The number of rotatable bonds is 5. The first-order valence-electron chi connectivity index (χ1n) is 11.3. The lowest BCUT2D eigenvalue weighted by Gasteiger charge is -2.26. The second kappa shape index (κ2) is 9.03. The number of halogens is 1. The van der Waals surface area contributed by atoms with E-state index in [1.165, 1.54) is 17.3 Å². The molecule has 0 fully saturated rings. The van der Waals surface area contributed by atoms with Gasteiger partial charge in [-0.15, -0.1) is 0 Å². The van der Waals surface area contributed by atoms with Gasteiger partial charge in [-0.1, -0.05) is 17.7 Å². The highest BCUT2D eigenvalue weighted by Gasteiger charge is 2.22. The minimum absolute atomic E-state index is 0.0968. The summed E-state index contributed by atoms with van der Waals surface area (Å²) in [5, 5.41) is 2.23. The third kappa shape index (κ3) is 4.65. The number of H-pyrrole nitrogens is 2. The van der Waals surface area contributed by atoms with Gasteiger partial charge >= 0.3 is 0 Å². The van der Waals surface area contributed by atoms with E-state index in [9.17, 15) is 4.79 Å². The summed E-state index contributed by atoms with van der Waals surface area (Å²) in [5.41, 5.74) is 5.46. The average Bonchev–Trinajstić information content (AvgIpc) is 3.45. The Hall–Kier alpha value is -3.33. The van der Waals surface area contributed by atoms with Gasteiger partial charge < -0.3 is 14.4 Å². The van der Waals surface area contributed by atoms with Crippen LogP contribution in [-0.4, -0.2) is 31.4 Å². The zero-order chi connectivity index (χ0) is 23.9. The number of aromatic amines is 2. The van der Waals surface area contributed by atoms with E-state index in [4.69, 9.17) is 21.0 Å². The van der Waals surface area contributed by atoms with Gasteiger partial charge in [-0.3, -0.25) is 9.69 Å². The fourth-order valence-corrected chi connectivity index (χ4v) is 5.23. The fourth-order valence-electron chi connectivity index (χ4n) is 4.32. The van der Waals surface area contributed by atoms with Gasteiger partial charge in [0.1, 0.15) is 11.6 Å². The minimum Gasteiger partial charge on any atom is -0.453 e. The van der Waals surface area contributed by atoms with E-state index in [2.05, 4.69) is 38.9 Å². The predicted molar refractivity (Wildman–Crippen MR) is 137 cm³/mol. The maximum atomic E-state index is 12.8. The lowest BCUT2D eigenvalue weighted by Crippen LogP contribution is -2.35. The van der Waals surface area contributed by atoms with Crippen molar-refractivity contribution in [1.82, 2.24) is 24.8 Å². The van der Waals surface area contributed by atoms with Crippen LogP contribution in [0.2, 0.25) is 5.02 Å². The summed E-state index contributed by atoms with van der Waals surface area (Å²) in [6.45, 7) is 4.02. The summed E-state index contributed by atoms with van der Waals surface area (Å²) in [7, 11) is 0. The van der Waals surface area contributed by atoms with Gasteiger partial charge in [-0.25, -0.2) is 9.97 Å². The Bertz CT molecular complexity index is 1590. The van der Waals surface area contributed by atoms with Crippen molar-refractivity contribution in [2.75, 3.05) is 6.54 Å². The molecule has 176 valence electrons. The second-order valence-corrected chi connectivity index (χ2v) is 10.1. The van der Waals surface area contributed by atoms with Crippen LogP contribution in [0.15, 0.2) is 74.1 Å². The van der Waals surface area contributed by atoms with Crippen molar-refractivity contribution < 1.29 is 4.42 Å². The molecule has 7 nitrogen and oxygen atoms in total. The van der Waals surface area contributed by atoms with Crippen LogP contribution in [0.5, 0.6) is 0 Å². The topological polar surface area (TPSA) is 90.8 Å². The average molecular weight is 504 g/mol. The fraction of sp³-hybridized carbons (Fsp3) is 0.192. The molecule has 9 heteroatoms. The maximum absolute atomic E-state index is 12.8. The van der Waals surface area contributed by atoms with Crippen molar-refractivity contribution in [2.45, 2.75) is 36.7 Å². The predicted octanol–water partition coefficient (Wildman–Crippen LogP) is 5.58. The van der Waals surface area contributed by atoms with Gasteiger partial charge in [0.25, 0.3) is 5.56 Å². The molecule has 1 aliphatic rings. The number of aromatic nitrogens is 4.